The van der Waals surface area contributed by atoms with E-state index in [9.17, 15) is 0 Å². The molecule has 3 rings (SSSR count). The van der Waals surface area contributed by atoms with Crippen LogP contribution < -0.4 is 9.80 Å². The first-order valence-corrected chi connectivity index (χ1v) is 11.9. The van der Waals surface area contributed by atoms with Crippen molar-refractivity contribution >= 4 is 16.1 Å². The van der Waals surface area contributed by atoms with Crippen molar-refractivity contribution in [3.05, 3.63) is 58.7 Å². The zero-order chi connectivity index (χ0) is 22.2. The molecule has 0 unspecified atom stereocenters. The summed E-state index contributed by atoms with van der Waals surface area (Å²) < 4.78 is 0.986. The first-order chi connectivity index (χ1) is 14.1. The molecular formula is C27H38N2Ni. The first-order valence-electron chi connectivity index (χ1n) is 11.4. The second-order valence-corrected chi connectivity index (χ2v) is 10.2. The molecule has 1 saturated heterocycles. The van der Waals surface area contributed by atoms with E-state index in [0.29, 0.717) is 23.7 Å². The summed E-state index contributed by atoms with van der Waals surface area (Å²) in [6, 6.07) is 13.5. The van der Waals surface area contributed by atoms with Crippen molar-refractivity contribution in [1.29, 1.82) is 0 Å². The van der Waals surface area contributed by atoms with Crippen LogP contribution in [0.25, 0.3) is 0 Å². The van der Waals surface area contributed by atoms with Crippen molar-refractivity contribution in [2.75, 3.05) is 22.9 Å². The molecule has 0 atom stereocenters. The number of anilines is 2. The van der Waals surface area contributed by atoms with Gasteiger partial charge in [0.15, 0.2) is 0 Å². The van der Waals surface area contributed by atoms with Gasteiger partial charge in [-0.15, -0.1) is 0 Å². The number of para-hydroxylation sites is 2. The quantitative estimate of drug-likeness (QED) is 0.433. The van der Waals surface area contributed by atoms with Crippen molar-refractivity contribution in [2.45, 2.75) is 79.1 Å². The van der Waals surface area contributed by atoms with Gasteiger partial charge in [0, 0.05) is 0 Å². The van der Waals surface area contributed by atoms with E-state index in [-0.39, 0.29) is 0 Å². The van der Waals surface area contributed by atoms with Crippen LogP contribution in [0.3, 0.4) is 0 Å². The van der Waals surface area contributed by atoms with E-state index >= 15 is 0 Å². The molecule has 2 nitrogen and oxygen atoms in total. The zero-order valence-electron chi connectivity index (χ0n) is 19.9. The average Bonchev–Trinajstić information content (AvgIpc) is 3.07. The molecule has 0 saturated carbocycles. The standard InChI is InChI=1S/C27H38N2.Ni/c1-18(2)22-11-9-12-23(19(3)4)26(22)28-15-16-29(17-28)27-24(20(5)6)13-10-14-25(27)21(7)8;/h9-14,18-21H,15-16H2,1-8H3;. The third-order valence-electron chi connectivity index (χ3n) is 6.18. The Kier molecular flexibility index (Phi) is 7.13. The number of nitrogens with zero attached hydrogens (tertiary/aromatic N) is 2. The summed E-state index contributed by atoms with van der Waals surface area (Å²) in [5.41, 5.74) is 8.30. The molecule has 3 heteroatoms. The Balaban J connectivity index is 2.12. The van der Waals surface area contributed by atoms with Crippen LogP contribution in [0.15, 0.2) is 36.4 Å². The van der Waals surface area contributed by atoms with Crippen LogP contribution in [0, 0.1) is 0 Å². The molecule has 0 amide bonds. The molecule has 0 aromatic heterocycles. The minimum atomic E-state index is 0.467. The molecule has 166 valence electrons. The molecule has 2 aromatic carbocycles. The summed E-state index contributed by atoms with van der Waals surface area (Å²) >= 11 is 5.78. The van der Waals surface area contributed by atoms with E-state index in [1.54, 1.807) is 0 Å². The van der Waals surface area contributed by atoms with Gasteiger partial charge in [0.2, 0.25) is 0 Å². The van der Waals surface area contributed by atoms with Gasteiger partial charge in [0.1, 0.15) is 0 Å². The Bertz CT molecular complexity index is 785. The molecule has 1 heterocycles. The van der Waals surface area contributed by atoms with Crippen molar-refractivity contribution in [3.63, 3.8) is 0 Å². The maximum absolute atomic E-state index is 5.78. The third-order valence-corrected chi connectivity index (χ3v) is 6.72. The van der Waals surface area contributed by atoms with Gasteiger partial charge in [-0.1, -0.05) is 0 Å². The topological polar surface area (TPSA) is 6.48 Å². The Morgan fingerprint density at radius 1 is 0.567 bits per heavy atom. The molecule has 0 spiro atoms. The minimum absolute atomic E-state index is 0.467. The molecule has 30 heavy (non-hydrogen) atoms. The van der Waals surface area contributed by atoms with E-state index in [2.05, 4.69) is 102 Å². The zero-order valence-corrected chi connectivity index (χ0v) is 20.9. The Morgan fingerprint density at radius 3 is 1.07 bits per heavy atom. The Labute approximate surface area is 191 Å². The fraction of sp³-hybridized carbons (Fsp3) is 0.519. The third kappa shape index (κ3) is 4.24. The fourth-order valence-electron chi connectivity index (χ4n) is 4.56. The van der Waals surface area contributed by atoms with Gasteiger partial charge in [-0.05, 0) is 0 Å². The molecule has 2 aromatic rings. The Morgan fingerprint density at radius 2 is 0.833 bits per heavy atom. The SMILES string of the molecule is CC(C)c1cccc(C(C)C)c1N1CCN(c2c(C(C)C)cccc2C(C)C)[C]1=[Ni]. The van der Waals surface area contributed by atoms with Crippen LogP contribution in [0.2, 0.25) is 0 Å². The van der Waals surface area contributed by atoms with E-state index in [1.807, 2.05) is 0 Å². The van der Waals surface area contributed by atoms with Gasteiger partial charge >= 0.3 is 192 Å². The van der Waals surface area contributed by atoms with Crippen LogP contribution in [0.1, 0.15) is 101 Å². The number of hydrogen-bond acceptors (Lipinski definition) is 2. The van der Waals surface area contributed by atoms with Crippen LogP contribution in [0.5, 0.6) is 0 Å². The average molecular weight is 449 g/mol. The molecular weight excluding hydrogens is 411 g/mol. The molecule has 0 N–H and O–H groups in total. The van der Waals surface area contributed by atoms with Crippen LogP contribution in [-0.4, -0.2) is 17.8 Å². The predicted octanol–water partition coefficient (Wildman–Crippen LogP) is 7.14. The van der Waals surface area contributed by atoms with Crippen molar-refractivity contribution in [2.24, 2.45) is 0 Å². The maximum atomic E-state index is 5.78. The first kappa shape index (κ1) is 23.1. The summed E-state index contributed by atoms with van der Waals surface area (Å²) in [5.74, 6) is 1.87. The number of hydrogen-bond donors (Lipinski definition) is 0. The molecule has 1 aliphatic rings. The van der Waals surface area contributed by atoms with Crippen molar-refractivity contribution in [3.8, 4) is 0 Å². The van der Waals surface area contributed by atoms with Gasteiger partial charge in [0.25, 0.3) is 0 Å². The van der Waals surface area contributed by atoms with Crippen molar-refractivity contribution < 1.29 is 15.0 Å². The van der Waals surface area contributed by atoms with E-state index < -0.39 is 0 Å². The molecule has 1 fully saturated rings. The second kappa shape index (κ2) is 9.27. The summed E-state index contributed by atoms with van der Waals surface area (Å²) in [5, 5.41) is 0. The molecule has 0 aliphatic carbocycles. The van der Waals surface area contributed by atoms with E-state index in [1.165, 1.54) is 33.6 Å². The Hall–Kier alpha value is -1.60. The summed E-state index contributed by atoms with van der Waals surface area (Å²) in [6.45, 7) is 20.2. The molecule has 0 radical (unpaired) electrons. The van der Waals surface area contributed by atoms with Crippen LogP contribution in [0.4, 0.5) is 11.4 Å². The van der Waals surface area contributed by atoms with E-state index in [4.69, 9.17) is 15.0 Å². The van der Waals surface area contributed by atoms with Crippen LogP contribution >= 0.6 is 0 Å². The van der Waals surface area contributed by atoms with Crippen LogP contribution in [-0.2, 0) is 15.0 Å². The second-order valence-electron chi connectivity index (χ2n) is 9.73. The summed E-state index contributed by atoms with van der Waals surface area (Å²) in [7, 11) is 0. The van der Waals surface area contributed by atoms with Gasteiger partial charge < -0.3 is 0 Å². The number of benzene rings is 2. The van der Waals surface area contributed by atoms with Gasteiger partial charge in [-0.25, -0.2) is 0 Å². The van der Waals surface area contributed by atoms with E-state index in [0.717, 1.165) is 17.8 Å². The summed E-state index contributed by atoms with van der Waals surface area (Å²) in [4.78, 5) is 4.84. The molecule has 1 aliphatic heterocycles. The van der Waals surface area contributed by atoms with Gasteiger partial charge in [-0.3, -0.25) is 0 Å². The number of rotatable bonds is 6. The normalized spacial score (nSPS) is 14.9. The monoisotopic (exact) mass is 448 g/mol. The van der Waals surface area contributed by atoms with Gasteiger partial charge in [-0.2, -0.15) is 0 Å². The predicted molar refractivity (Wildman–Crippen MR) is 129 cm³/mol. The van der Waals surface area contributed by atoms with Gasteiger partial charge in [0.05, 0.1) is 0 Å². The summed E-state index contributed by atoms with van der Waals surface area (Å²) in [6.07, 6.45) is 0. The fourth-order valence-corrected chi connectivity index (χ4v) is 5.00. The molecule has 0 bridgehead atoms. The van der Waals surface area contributed by atoms with Crippen molar-refractivity contribution in [1.82, 2.24) is 0 Å².